The van der Waals surface area contributed by atoms with E-state index in [9.17, 15) is 8.78 Å². The lowest BCUT2D eigenvalue weighted by Gasteiger charge is -2.16. The zero-order valence-corrected chi connectivity index (χ0v) is 4.54. The normalized spacial score (nSPS) is 21.4. The third-order valence-electron chi connectivity index (χ3n) is 0.735. The molecule has 0 aliphatic carbocycles. The number of nitriles is 2. The van der Waals surface area contributed by atoms with E-state index in [0.717, 1.165) is 0 Å². The summed E-state index contributed by atoms with van der Waals surface area (Å²) >= 11 is 0. The third-order valence-corrected chi connectivity index (χ3v) is 0.735. The average Bonchev–Trinajstić information content (AvgIpc) is 1.88. The standard InChI is InChI=1S/C4H2F2N2O2/c5-3(9,1-7)4(6,10)2-8/h9-10H. The fraction of sp³-hybridized carbons (Fsp3) is 0.500. The zero-order valence-electron chi connectivity index (χ0n) is 4.54. The van der Waals surface area contributed by atoms with Gasteiger partial charge in [-0.2, -0.15) is 19.3 Å². The molecule has 0 heterocycles. The van der Waals surface area contributed by atoms with Gasteiger partial charge in [0.05, 0.1) is 0 Å². The minimum atomic E-state index is -4.18. The van der Waals surface area contributed by atoms with Crippen LogP contribution in [0.2, 0.25) is 0 Å². The predicted molar refractivity (Wildman–Crippen MR) is 23.3 cm³/mol. The van der Waals surface area contributed by atoms with E-state index in [-0.39, 0.29) is 0 Å². The Labute approximate surface area is 54.5 Å². The highest BCUT2D eigenvalue weighted by Gasteiger charge is 2.53. The molecule has 0 spiro atoms. The van der Waals surface area contributed by atoms with Crippen LogP contribution in [0.3, 0.4) is 0 Å². The maximum atomic E-state index is 11.9. The van der Waals surface area contributed by atoms with Gasteiger partial charge >= 0.3 is 11.7 Å². The van der Waals surface area contributed by atoms with Crippen molar-refractivity contribution >= 4 is 0 Å². The minimum Gasteiger partial charge on any atom is -0.345 e. The van der Waals surface area contributed by atoms with Gasteiger partial charge in [-0.15, -0.1) is 0 Å². The van der Waals surface area contributed by atoms with E-state index >= 15 is 0 Å². The van der Waals surface area contributed by atoms with Gasteiger partial charge in [0.25, 0.3) is 0 Å². The smallest absolute Gasteiger partial charge is 0.345 e. The number of nitrogens with zero attached hydrogens (tertiary/aromatic N) is 2. The van der Waals surface area contributed by atoms with Gasteiger partial charge in [0.2, 0.25) is 0 Å². The molecule has 0 aromatic rings. The van der Waals surface area contributed by atoms with Gasteiger partial charge in [0.1, 0.15) is 12.1 Å². The molecule has 2 N–H and O–H groups in total. The molecule has 0 fully saturated rings. The van der Waals surface area contributed by atoms with Crippen LogP contribution in [0, 0.1) is 22.7 Å². The first-order chi connectivity index (χ1) is 4.37. The number of hydrogen-bond donors (Lipinski definition) is 2. The Morgan fingerprint density at radius 2 is 1.20 bits per heavy atom. The van der Waals surface area contributed by atoms with E-state index < -0.39 is 11.7 Å². The molecule has 2 unspecified atom stereocenters. The van der Waals surface area contributed by atoms with Crippen LogP contribution in [-0.2, 0) is 0 Å². The Balaban J connectivity index is 4.71. The van der Waals surface area contributed by atoms with Crippen molar-refractivity contribution in [2.24, 2.45) is 0 Å². The lowest BCUT2D eigenvalue weighted by Crippen LogP contribution is -2.45. The van der Waals surface area contributed by atoms with Crippen molar-refractivity contribution in [1.82, 2.24) is 0 Å². The summed E-state index contributed by atoms with van der Waals surface area (Å²) in [6, 6.07) is 0.748. The van der Waals surface area contributed by atoms with Gasteiger partial charge in [-0.25, -0.2) is 0 Å². The van der Waals surface area contributed by atoms with Crippen molar-refractivity contribution in [2.45, 2.75) is 11.7 Å². The molecule has 0 saturated heterocycles. The number of alkyl halides is 2. The van der Waals surface area contributed by atoms with Gasteiger partial charge < -0.3 is 10.2 Å². The van der Waals surface area contributed by atoms with Crippen LogP contribution >= 0.6 is 0 Å². The highest BCUT2D eigenvalue weighted by molar-refractivity contribution is 5.11. The number of halogens is 2. The summed E-state index contributed by atoms with van der Waals surface area (Å²) in [4.78, 5) is 0. The van der Waals surface area contributed by atoms with Crippen LogP contribution < -0.4 is 0 Å². The van der Waals surface area contributed by atoms with Gasteiger partial charge in [0.15, 0.2) is 0 Å². The second-order valence-corrected chi connectivity index (χ2v) is 1.47. The largest absolute Gasteiger partial charge is 0.367 e. The summed E-state index contributed by atoms with van der Waals surface area (Å²) in [5, 5.41) is 31.2. The first kappa shape index (κ1) is 8.76. The van der Waals surface area contributed by atoms with Crippen molar-refractivity contribution in [2.75, 3.05) is 0 Å². The molecule has 0 aromatic carbocycles. The first-order valence-electron chi connectivity index (χ1n) is 2.02. The highest BCUT2D eigenvalue weighted by atomic mass is 19.2. The van der Waals surface area contributed by atoms with Crippen molar-refractivity contribution in [3.05, 3.63) is 0 Å². The summed E-state index contributed by atoms with van der Waals surface area (Å²) in [6.45, 7) is 0. The molecule has 0 aromatic heterocycles. The van der Waals surface area contributed by atoms with Crippen LogP contribution in [0.15, 0.2) is 0 Å². The van der Waals surface area contributed by atoms with Crippen molar-refractivity contribution in [1.29, 1.82) is 10.5 Å². The maximum absolute atomic E-state index is 11.9. The summed E-state index contributed by atoms with van der Waals surface area (Å²) in [5.74, 6) is -8.36. The Morgan fingerprint density at radius 3 is 1.30 bits per heavy atom. The van der Waals surface area contributed by atoms with Crippen molar-refractivity contribution < 1.29 is 19.0 Å². The molecule has 0 saturated carbocycles. The first-order valence-corrected chi connectivity index (χ1v) is 2.02. The fourth-order valence-electron chi connectivity index (χ4n) is 0.148. The fourth-order valence-corrected chi connectivity index (χ4v) is 0.148. The molecular weight excluding hydrogens is 146 g/mol. The monoisotopic (exact) mass is 148 g/mol. The zero-order chi connectivity index (χ0) is 8.41. The summed E-state index contributed by atoms with van der Waals surface area (Å²) in [7, 11) is 0. The second-order valence-electron chi connectivity index (χ2n) is 1.47. The summed E-state index contributed by atoms with van der Waals surface area (Å²) in [6.07, 6.45) is 0. The average molecular weight is 148 g/mol. The number of aliphatic hydroxyl groups is 2. The lowest BCUT2D eigenvalue weighted by molar-refractivity contribution is -0.225. The molecule has 0 rings (SSSR count). The van der Waals surface area contributed by atoms with Crippen LogP contribution in [0.5, 0.6) is 0 Å². The van der Waals surface area contributed by atoms with Gasteiger partial charge in [-0.3, -0.25) is 0 Å². The van der Waals surface area contributed by atoms with Gasteiger partial charge in [-0.05, 0) is 0 Å². The number of rotatable bonds is 1. The highest BCUT2D eigenvalue weighted by Crippen LogP contribution is 2.23. The van der Waals surface area contributed by atoms with Gasteiger partial charge in [-0.1, -0.05) is 0 Å². The predicted octanol–water partition coefficient (Wildman–Crippen LogP) is -0.650. The van der Waals surface area contributed by atoms with E-state index in [0.29, 0.717) is 12.1 Å². The van der Waals surface area contributed by atoms with E-state index in [2.05, 4.69) is 0 Å². The summed E-state index contributed by atoms with van der Waals surface area (Å²) < 4.78 is 23.9. The second kappa shape index (κ2) is 2.18. The minimum absolute atomic E-state index is 0.374. The Kier molecular flexibility index (Phi) is 1.91. The van der Waals surface area contributed by atoms with E-state index in [4.69, 9.17) is 20.7 Å². The molecule has 6 heteroatoms. The topological polar surface area (TPSA) is 88.0 Å². The molecule has 54 valence electrons. The maximum Gasteiger partial charge on any atom is 0.367 e. The molecule has 0 bridgehead atoms. The van der Waals surface area contributed by atoms with E-state index in [1.54, 1.807) is 0 Å². The molecule has 0 radical (unpaired) electrons. The Hall–Kier alpha value is -1.24. The molecular formula is C4H2F2N2O2. The molecule has 10 heavy (non-hydrogen) atoms. The molecule has 4 nitrogen and oxygen atoms in total. The Bertz CT molecular complexity index is 188. The van der Waals surface area contributed by atoms with Crippen LogP contribution in [0.1, 0.15) is 0 Å². The third kappa shape index (κ3) is 1.18. The van der Waals surface area contributed by atoms with Crippen LogP contribution in [0.25, 0.3) is 0 Å². The van der Waals surface area contributed by atoms with E-state index in [1.165, 1.54) is 0 Å². The van der Waals surface area contributed by atoms with E-state index in [1.807, 2.05) is 0 Å². The lowest BCUT2D eigenvalue weighted by atomic mass is 10.2. The SMILES string of the molecule is N#CC(O)(F)C(O)(F)C#N. The van der Waals surface area contributed by atoms with Crippen LogP contribution in [-0.4, -0.2) is 21.9 Å². The molecule has 0 aliphatic rings. The molecule has 0 aliphatic heterocycles. The Morgan fingerprint density at radius 1 is 1.00 bits per heavy atom. The number of hydrogen-bond acceptors (Lipinski definition) is 4. The van der Waals surface area contributed by atoms with Gasteiger partial charge in [0, 0.05) is 0 Å². The van der Waals surface area contributed by atoms with Crippen LogP contribution in [0.4, 0.5) is 8.78 Å². The molecule has 0 amide bonds. The quantitative estimate of drug-likeness (QED) is 0.483. The van der Waals surface area contributed by atoms with Crippen molar-refractivity contribution in [3.8, 4) is 12.1 Å². The van der Waals surface area contributed by atoms with Crippen molar-refractivity contribution in [3.63, 3.8) is 0 Å². The molecule has 2 atom stereocenters. The summed E-state index contributed by atoms with van der Waals surface area (Å²) in [5.41, 5.74) is 0.